The van der Waals surface area contributed by atoms with Crippen molar-refractivity contribution in [1.82, 2.24) is 5.32 Å². The number of nitrogens with one attached hydrogen (secondary N) is 1. The van der Waals surface area contributed by atoms with Crippen molar-refractivity contribution in [3.8, 4) is 11.8 Å². The molecule has 1 atom stereocenters. The number of nitriles is 1. The maximum atomic E-state index is 12.0. The first kappa shape index (κ1) is 20.7. The highest BCUT2D eigenvalue weighted by molar-refractivity contribution is 9.10. The van der Waals surface area contributed by atoms with Crippen molar-refractivity contribution in [2.45, 2.75) is 33.2 Å². The lowest BCUT2D eigenvalue weighted by Crippen LogP contribution is -2.32. The van der Waals surface area contributed by atoms with Gasteiger partial charge in [-0.15, -0.1) is 0 Å². The van der Waals surface area contributed by atoms with Crippen LogP contribution in [0.2, 0.25) is 0 Å². The molecular weight excluding hydrogens is 388 g/mol. The first-order chi connectivity index (χ1) is 11.9. The Hall–Kier alpha value is -2.33. The smallest absolute Gasteiger partial charge is 0.344 e. The molecule has 0 aromatic heterocycles. The van der Waals surface area contributed by atoms with E-state index in [1.807, 2.05) is 19.9 Å². The molecule has 1 aromatic rings. The van der Waals surface area contributed by atoms with Crippen LogP contribution < -0.4 is 10.1 Å². The summed E-state index contributed by atoms with van der Waals surface area (Å²) in [5.74, 6) is -0.393. The Bertz CT molecular complexity index is 695. The number of benzene rings is 1. The molecule has 1 amide bonds. The molecule has 0 fully saturated rings. The Balaban J connectivity index is 2.85. The summed E-state index contributed by atoms with van der Waals surface area (Å²) in [7, 11) is 0. The van der Waals surface area contributed by atoms with Crippen LogP contribution in [-0.2, 0) is 14.3 Å². The normalized spacial score (nSPS) is 12.0. The highest BCUT2D eigenvalue weighted by Gasteiger charge is 2.12. The topological polar surface area (TPSA) is 88.4 Å². The van der Waals surface area contributed by atoms with Gasteiger partial charge in [0.25, 0.3) is 5.91 Å². The monoisotopic (exact) mass is 408 g/mol. The Kier molecular flexibility index (Phi) is 8.71. The third-order valence-electron chi connectivity index (χ3n) is 3.27. The van der Waals surface area contributed by atoms with Gasteiger partial charge in [-0.2, -0.15) is 5.26 Å². The second-order valence-electron chi connectivity index (χ2n) is 5.24. The van der Waals surface area contributed by atoms with Crippen LogP contribution >= 0.6 is 15.9 Å². The lowest BCUT2D eigenvalue weighted by Gasteiger charge is -2.11. The van der Waals surface area contributed by atoms with Gasteiger partial charge in [-0.05, 0) is 60.0 Å². The van der Waals surface area contributed by atoms with Gasteiger partial charge in [-0.25, -0.2) is 4.79 Å². The summed E-state index contributed by atoms with van der Waals surface area (Å²) >= 11 is 3.35. The predicted molar refractivity (Wildman–Crippen MR) is 97.8 cm³/mol. The molecule has 7 heteroatoms. The van der Waals surface area contributed by atoms with Crippen LogP contribution in [0, 0.1) is 11.3 Å². The number of hydrogen-bond acceptors (Lipinski definition) is 5. The van der Waals surface area contributed by atoms with Crippen molar-refractivity contribution in [2.24, 2.45) is 0 Å². The number of carbonyl (C=O) groups excluding carboxylic acids is 2. The lowest BCUT2D eigenvalue weighted by molar-refractivity contribution is -0.145. The highest BCUT2D eigenvalue weighted by atomic mass is 79.9. The molecule has 0 radical (unpaired) electrons. The molecule has 0 aliphatic heterocycles. The van der Waals surface area contributed by atoms with Crippen molar-refractivity contribution in [1.29, 1.82) is 5.26 Å². The number of hydrogen-bond donors (Lipinski definition) is 1. The van der Waals surface area contributed by atoms with Gasteiger partial charge in [0.2, 0.25) is 0 Å². The Morgan fingerprint density at radius 1 is 1.40 bits per heavy atom. The summed E-state index contributed by atoms with van der Waals surface area (Å²) < 4.78 is 10.8. The van der Waals surface area contributed by atoms with Gasteiger partial charge in [-0.3, -0.25) is 4.79 Å². The summed E-state index contributed by atoms with van der Waals surface area (Å²) in [5, 5.41) is 12.0. The van der Waals surface area contributed by atoms with E-state index in [4.69, 9.17) is 9.47 Å². The van der Waals surface area contributed by atoms with E-state index in [1.54, 1.807) is 25.1 Å². The van der Waals surface area contributed by atoms with E-state index >= 15 is 0 Å². The van der Waals surface area contributed by atoms with Gasteiger partial charge in [0.1, 0.15) is 17.4 Å². The van der Waals surface area contributed by atoms with Crippen LogP contribution in [0.4, 0.5) is 0 Å². The minimum atomic E-state index is -0.452. The molecule has 25 heavy (non-hydrogen) atoms. The quantitative estimate of drug-likeness (QED) is 0.405. The van der Waals surface area contributed by atoms with Gasteiger partial charge in [0, 0.05) is 6.04 Å². The van der Waals surface area contributed by atoms with Gasteiger partial charge in [0.05, 0.1) is 11.1 Å². The highest BCUT2D eigenvalue weighted by Crippen LogP contribution is 2.27. The van der Waals surface area contributed by atoms with E-state index in [0.29, 0.717) is 22.4 Å². The van der Waals surface area contributed by atoms with Crippen LogP contribution in [0.3, 0.4) is 0 Å². The molecule has 0 heterocycles. The van der Waals surface area contributed by atoms with Gasteiger partial charge in [-0.1, -0.05) is 13.0 Å². The molecule has 1 rings (SSSR count). The zero-order valence-corrected chi connectivity index (χ0v) is 16.1. The van der Waals surface area contributed by atoms with Crippen molar-refractivity contribution in [3.63, 3.8) is 0 Å². The summed E-state index contributed by atoms with van der Waals surface area (Å²) in [6, 6.07) is 6.95. The maximum absolute atomic E-state index is 12.0. The van der Waals surface area contributed by atoms with Crippen LogP contribution in [-0.4, -0.2) is 31.1 Å². The van der Waals surface area contributed by atoms with Crippen LogP contribution in [0.5, 0.6) is 5.75 Å². The molecule has 0 aliphatic carbocycles. The first-order valence-corrected chi connectivity index (χ1v) is 8.71. The van der Waals surface area contributed by atoms with Crippen molar-refractivity contribution in [2.75, 3.05) is 13.2 Å². The van der Waals surface area contributed by atoms with Crippen LogP contribution in [0.1, 0.15) is 32.8 Å². The van der Waals surface area contributed by atoms with Crippen molar-refractivity contribution in [3.05, 3.63) is 33.8 Å². The molecule has 0 unspecified atom stereocenters. The number of ether oxygens (including phenoxy) is 2. The summed E-state index contributed by atoms with van der Waals surface area (Å²) in [6.45, 7) is 5.65. The predicted octanol–water partition coefficient (Wildman–Crippen LogP) is 3.21. The molecule has 0 bridgehead atoms. The van der Waals surface area contributed by atoms with Crippen LogP contribution in [0.15, 0.2) is 28.2 Å². The average Bonchev–Trinajstić information content (AvgIpc) is 2.58. The zero-order valence-electron chi connectivity index (χ0n) is 14.5. The number of rotatable bonds is 8. The fourth-order valence-corrected chi connectivity index (χ4v) is 2.29. The molecule has 1 N–H and O–H groups in total. The Morgan fingerprint density at radius 3 is 2.68 bits per heavy atom. The standard InChI is InChI=1S/C18H21BrN2O4/c1-4-12(3)21-18(23)14(10-20)8-13-6-7-16(15(19)9-13)25-11-17(22)24-5-2/h6-9,12H,4-5,11H2,1-3H3,(H,21,23)/b14-8+/t12-/m0/s1. The minimum absolute atomic E-state index is 0.00496. The molecule has 0 spiro atoms. The Morgan fingerprint density at radius 2 is 2.12 bits per heavy atom. The fourth-order valence-electron chi connectivity index (χ4n) is 1.78. The molecule has 0 aliphatic rings. The van der Waals surface area contributed by atoms with Gasteiger partial charge in [0.15, 0.2) is 6.61 Å². The van der Waals surface area contributed by atoms with Crippen molar-refractivity contribution >= 4 is 33.9 Å². The van der Waals surface area contributed by atoms with E-state index in [0.717, 1.165) is 6.42 Å². The summed E-state index contributed by atoms with van der Waals surface area (Å²) in [4.78, 5) is 23.4. The first-order valence-electron chi connectivity index (χ1n) is 7.91. The summed E-state index contributed by atoms with van der Waals surface area (Å²) in [5.41, 5.74) is 0.679. The number of carbonyl (C=O) groups is 2. The molecular formula is C18H21BrN2O4. The summed E-state index contributed by atoms with van der Waals surface area (Å²) in [6.07, 6.45) is 2.28. The molecule has 0 saturated carbocycles. The molecule has 6 nitrogen and oxygen atoms in total. The third kappa shape index (κ3) is 6.98. The second-order valence-corrected chi connectivity index (χ2v) is 6.09. The number of halogens is 1. The molecule has 1 aromatic carbocycles. The average molecular weight is 409 g/mol. The van der Waals surface area contributed by atoms with E-state index in [9.17, 15) is 14.9 Å². The van der Waals surface area contributed by atoms with Gasteiger partial charge >= 0.3 is 5.97 Å². The maximum Gasteiger partial charge on any atom is 0.344 e. The largest absolute Gasteiger partial charge is 0.481 e. The Labute approximate surface area is 155 Å². The van der Waals surface area contributed by atoms with E-state index in [-0.39, 0.29) is 18.2 Å². The minimum Gasteiger partial charge on any atom is -0.481 e. The van der Waals surface area contributed by atoms with E-state index in [2.05, 4.69) is 21.2 Å². The third-order valence-corrected chi connectivity index (χ3v) is 3.89. The lowest BCUT2D eigenvalue weighted by atomic mass is 10.1. The number of nitrogens with zero attached hydrogens (tertiary/aromatic N) is 1. The van der Waals surface area contributed by atoms with Crippen molar-refractivity contribution < 1.29 is 19.1 Å². The number of amides is 1. The fraction of sp³-hybridized carbons (Fsp3) is 0.389. The molecule has 134 valence electrons. The van der Waals surface area contributed by atoms with Gasteiger partial charge < -0.3 is 14.8 Å². The van der Waals surface area contributed by atoms with E-state index < -0.39 is 11.9 Å². The van der Waals surface area contributed by atoms with Crippen LogP contribution in [0.25, 0.3) is 6.08 Å². The molecule has 0 saturated heterocycles. The second kappa shape index (κ2) is 10.5. The van der Waals surface area contributed by atoms with E-state index in [1.165, 1.54) is 6.08 Å². The number of esters is 1. The zero-order chi connectivity index (χ0) is 18.8. The SMILES string of the molecule is CCOC(=O)COc1ccc(/C=C(\C#N)C(=O)N[C@@H](C)CC)cc1Br.